The Morgan fingerprint density at radius 1 is 0.950 bits per heavy atom. The molecule has 0 aliphatic heterocycles. The minimum Gasteiger partial charge on any atom is -0.852 e. The summed E-state index contributed by atoms with van der Waals surface area (Å²) in [6, 6.07) is 0. The second kappa shape index (κ2) is 20.9. The Morgan fingerprint density at radius 3 is 1.55 bits per heavy atom. The molecule has 0 spiro atoms. The second-order valence-corrected chi connectivity index (χ2v) is 4.64. The number of hydrogen-bond acceptors (Lipinski definition) is 5. The van der Waals surface area contributed by atoms with Crippen molar-refractivity contribution in [1.82, 2.24) is 0 Å². The molecule has 0 amide bonds. The normalized spacial score (nSPS) is 8.85. The van der Waals surface area contributed by atoms with Crippen molar-refractivity contribution in [2.45, 2.75) is 78.9 Å². The Hall–Kier alpha value is -0.408. The van der Waals surface area contributed by atoms with Crippen molar-refractivity contribution in [3.63, 3.8) is 0 Å². The molecule has 0 aliphatic carbocycles. The molecule has 116 valence electrons. The van der Waals surface area contributed by atoms with Crippen LogP contribution in [-0.4, -0.2) is 41.3 Å². The number of unbranched alkanes of at least 4 members (excludes halogenated alkanes) is 2. The van der Waals surface area contributed by atoms with Crippen LogP contribution in [0, 0.1) is 0 Å². The maximum absolute atomic E-state index is 10.7. The van der Waals surface area contributed by atoms with E-state index in [-0.39, 0.29) is 23.1 Å². The number of carbonyl (C=O) groups is 2. The summed E-state index contributed by atoms with van der Waals surface area (Å²) in [5.41, 5.74) is 0. The number of carboxylic acid groups (broad SMARTS) is 1. The van der Waals surface area contributed by atoms with Crippen molar-refractivity contribution >= 4 is 29.1 Å². The first-order valence-corrected chi connectivity index (χ1v) is 6.66. The maximum atomic E-state index is 10.7. The van der Waals surface area contributed by atoms with Gasteiger partial charge in [-0.25, -0.2) is 0 Å². The van der Waals surface area contributed by atoms with Crippen LogP contribution in [0.1, 0.15) is 66.7 Å². The third-order valence-electron chi connectivity index (χ3n) is 1.40. The molecule has 0 rings (SSSR count). The first kappa shape index (κ1) is 27.9. The van der Waals surface area contributed by atoms with Crippen LogP contribution < -0.4 is 15.3 Å². The Bertz CT molecular complexity index is 206. The SMILES string of the molecule is CC(C)[O-].CC(C)[O-].CCCCCC(=O)CC(=O)[O-].[Al+3]. The molecule has 0 heterocycles. The van der Waals surface area contributed by atoms with Crippen molar-refractivity contribution in [3.05, 3.63) is 0 Å². The number of aliphatic carboxylic acids is 1. The monoisotopic (exact) mass is 302 g/mol. The fourth-order valence-corrected chi connectivity index (χ4v) is 0.822. The molecule has 0 fully saturated rings. The summed E-state index contributed by atoms with van der Waals surface area (Å²) in [4.78, 5) is 20.6. The van der Waals surface area contributed by atoms with E-state index in [1.165, 1.54) is 0 Å². The Balaban J connectivity index is -0.000000119. The molecule has 5 nitrogen and oxygen atoms in total. The van der Waals surface area contributed by atoms with Crippen molar-refractivity contribution in [2.24, 2.45) is 0 Å². The fourth-order valence-electron chi connectivity index (χ4n) is 0.822. The molecule has 0 aromatic rings. The fraction of sp³-hybridized carbons (Fsp3) is 0.857. The van der Waals surface area contributed by atoms with Gasteiger partial charge in [-0.3, -0.25) is 4.79 Å². The summed E-state index contributed by atoms with van der Waals surface area (Å²) in [6.07, 6.45) is 1.94. The molecule has 0 aromatic carbocycles. The predicted molar refractivity (Wildman–Crippen MR) is 74.8 cm³/mol. The zero-order valence-electron chi connectivity index (χ0n) is 13.3. The van der Waals surface area contributed by atoms with Crippen LogP contribution in [-0.2, 0) is 9.59 Å². The molecule has 0 unspecified atom stereocenters. The molecule has 0 saturated carbocycles. The van der Waals surface area contributed by atoms with E-state index < -0.39 is 24.6 Å². The molecular weight excluding hydrogens is 275 g/mol. The van der Waals surface area contributed by atoms with Gasteiger partial charge in [0.1, 0.15) is 5.78 Å². The van der Waals surface area contributed by atoms with Gasteiger partial charge in [-0.15, -0.1) is 12.2 Å². The van der Waals surface area contributed by atoms with Gasteiger partial charge in [-0.2, -0.15) is 0 Å². The van der Waals surface area contributed by atoms with E-state index in [0.29, 0.717) is 6.42 Å². The number of Topliss-reactive ketones (excluding diaryl/α,β-unsaturated/α-hetero) is 1. The van der Waals surface area contributed by atoms with Crippen LogP contribution in [0.3, 0.4) is 0 Å². The van der Waals surface area contributed by atoms with E-state index >= 15 is 0 Å². The third-order valence-corrected chi connectivity index (χ3v) is 1.40. The van der Waals surface area contributed by atoms with Gasteiger partial charge in [0.05, 0.1) is 0 Å². The average Bonchev–Trinajstić information content (AvgIpc) is 2.14. The Labute approximate surface area is 133 Å². The summed E-state index contributed by atoms with van der Waals surface area (Å²) in [7, 11) is 0. The van der Waals surface area contributed by atoms with Gasteiger partial charge >= 0.3 is 17.4 Å². The van der Waals surface area contributed by atoms with Gasteiger partial charge in [0.25, 0.3) is 0 Å². The number of ketones is 1. The first-order valence-electron chi connectivity index (χ1n) is 6.66. The van der Waals surface area contributed by atoms with E-state index in [1.807, 2.05) is 6.92 Å². The number of hydrogen-bond donors (Lipinski definition) is 0. The summed E-state index contributed by atoms with van der Waals surface area (Å²) < 4.78 is 0. The van der Waals surface area contributed by atoms with Crippen LogP contribution in [0.5, 0.6) is 0 Å². The minimum atomic E-state index is -1.27. The Morgan fingerprint density at radius 2 is 1.30 bits per heavy atom. The van der Waals surface area contributed by atoms with Crippen LogP contribution in [0.15, 0.2) is 0 Å². The van der Waals surface area contributed by atoms with Crippen LogP contribution in [0.4, 0.5) is 0 Å². The average molecular weight is 302 g/mol. The van der Waals surface area contributed by atoms with Gasteiger partial charge in [-0.05, 0) is 6.42 Å². The predicted octanol–water partition coefficient (Wildman–Crippen LogP) is -0.595. The Kier molecular flexibility index (Phi) is 29.1. The quantitative estimate of drug-likeness (QED) is 0.370. The molecular formula is C14H27AlO5. The molecule has 0 radical (unpaired) electrons. The van der Waals surface area contributed by atoms with E-state index in [2.05, 4.69) is 0 Å². The van der Waals surface area contributed by atoms with E-state index in [4.69, 9.17) is 0 Å². The molecule has 6 heteroatoms. The van der Waals surface area contributed by atoms with Crippen LogP contribution in [0.2, 0.25) is 0 Å². The van der Waals surface area contributed by atoms with Gasteiger partial charge in [0, 0.05) is 18.8 Å². The van der Waals surface area contributed by atoms with Gasteiger partial charge in [-0.1, -0.05) is 47.5 Å². The summed E-state index contributed by atoms with van der Waals surface area (Å²) >= 11 is 0. The van der Waals surface area contributed by atoms with Gasteiger partial charge in [0.2, 0.25) is 0 Å². The molecule has 0 aromatic heterocycles. The van der Waals surface area contributed by atoms with Gasteiger partial charge in [0.15, 0.2) is 0 Å². The molecule has 0 saturated heterocycles. The number of carbonyl (C=O) groups excluding carboxylic acids is 2. The van der Waals surface area contributed by atoms with Crippen LogP contribution >= 0.6 is 0 Å². The molecule has 0 atom stereocenters. The largest absolute Gasteiger partial charge is 3.00 e. The zero-order chi connectivity index (χ0) is 15.8. The molecule has 20 heavy (non-hydrogen) atoms. The van der Waals surface area contributed by atoms with E-state index in [9.17, 15) is 24.9 Å². The van der Waals surface area contributed by atoms with Crippen molar-refractivity contribution in [2.75, 3.05) is 0 Å². The van der Waals surface area contributed by atoms with Crippen molar-refractivity contribution in [3.8, 4) is 0 Å². The van der Waals surface area contributed by atoms with Crippen LogP contribution in [0.25, 0.3) is 0 Å². The standard InChI is InChI=1S/C8H14O3.2C3H7O.Al/c1-2-3-4-5-7(9)6-8(10)11;2*1-3(2)4;/h2-6H2,1H3,(H,10,11);2*3H,1-2H3;/q;2*-1;+3/p-1. The first-order chi connectivity index (χ1) is 8.63. The summed E-state index contributed by atoms with van der Waals surface area (Å²) in [6.45, 7) is 8.48. The molecule has 0 aliphatic rings. The molecule has 0 bridgehead atoms. The second-order valence-electron chi connectivity index (χ2n) is 4.64. The van der Waals surface area contributed by atoms with E-state index in [1.54, 1.807) is 27.7 Å². The smallest absolute Gasteiger partial charge is 0.852 e. The van der Waals surface area contributed by atoms with Crippen molar-refractivity contribution in [1.29, 1.82) is 0 Å². The minimum absolute atomic E-state index is 0. The number of rotatable bonds is 6. The van der Waals surface area contributed by atoms with E-state index in [0.717, 1.165) is 19.3 Å². The molecule has 0 N–H and O–H groups in total. The van der Waals surface area contributed by atoms with Crippen molar-refractivity contribution < 1.29 is 24.9 Å². The summed E-state index contributed by atoms with van der Waals surface area (Å²) in [5.74, 6) is -1.50. The summed E-state index contributed by atoms with van der Waals surface area (Å²) in [5, 5.41) is 29.0. The number of carboxylic acids is 1. The zero-order valence-corrected chi connectivity index (χ0v) is 14.5. The third kappa shape index (κ3) is 65.6. The van der Waals surface area contributed by atoms with Gasteiger partial charge < -0.3 is 20.1 Å². The maximum Gasteiger partial charge on any atom is 3.00 e. The topological polar surface area (TPSA) is 103 Å².